The summed E-state index contributed by atoms with van der Waals surface area (Å²) in [4.78, 5) is 10.7. The number of nitrogens with zero attached hydrogens (tertiary/aromatic N) is 3. The van der Waals surface area contributed by atoms with Crippen molar-refractivity contribution in [2.24, 2.45) is 0 Å². The summed E-state index contributed by atoms with van der Waals surface area (Å²) >= 11 is 0. The monoisotopic (exact) mass is 253 g/mol. The van der Waals surface area contributed by atoms with E-state index in [1.165, 1.54) is 30.5 Å². The molecule has 3 rings (SSSR count). The van der Waals surface area contributed by atoms with Crippen molar-refractivity contribution < 1.29 is 0 Å². The third kappa shape index (κ3) is 3.18. The van der Waals surface area contributed by atoms with Gasteiger partial charge in [-0.15, -0.1) is 0 Å². The molecular formula is C16H19N3. The van der Waals surface area contributed by atoms with E-state index in [1.54, 1.807) is 0 Å². The van der Waals surface area contributed by atoms with Gasteiger partial charge in [-0.05, 0) is 60.7 Å². The van der Waals surface area contributed by atoms with Gasteiger partial charge in [0.2, 0.25) is 0 Å². The maximum absolute atomic E-state index is 4.11. The van der Waals surface area contributed by atoms with E-state index in [-0.39, 0.29) is 0 Å². The molecule has 19 heavy (non-hydrogen) atoms. The highest BCUT2D eigenvalue weighted by Gasteiger charge is 2.21. The average molecular weight is 253 g/mol. The Labute approximate surface area is 114 Å². The molecule has 0 N–H and O–H groups in total. The van der Waals surface area contributed by atoms with Crippen molar-refractivity contribution in [3.8, 4) is 0 Å². The number of hydrogen-bond donors (Lipinski definition) is 0. The SMILES string of the molecule is c1cc(CN2CCC[C@@H](c3ccncc3)C2)ccn1. The van der Waals surface area contributed by atoms with E-state index in [2.05, 4.69) is 39.1 Å². The first kappa shape index (κ1) is 12.3. The van der Waals surface area contributed by atoms with E-state index in [9.17, 15) is 0 Å². The molecule has 3 nitrogen and oxygen atoms in total. The van der Waals surface area contributed by atoms with Crippen LogP contribution < -0.4 is 0 Å². The quantitative estimate of drug-likeness (QED) is 0.842. The zero-order chi connectivity index (χ0) is 12.9. The van der Waals surface area contributed by atoms with Gasteiger partial charge in [-0.1, -0.05) is 0 Å². The van der Waals surface area contributed by atoms with Crippen molar-refractivity contribution in [3.63, 3.8) is 0 Å². The molecule has 0 spiro atoms. The number of rotatable bonds is 3. The fourth-order valence-corrected chi connectivity index (χ4v) is 2.85. The van der Waals surface area contributed by atoms with E-state index in [1.807, 2.05) is 24.8 Å². The number of pyridine rings is 2. The Morgan fingerprint density at radius 3 is 2.42 bits per heavy atom. The molecular weight excluding hydrogens is 234 g/mol. The molecule has 1 atom stereocenters. The number of hydrogen-bond acceptors (Lipinski definition) is 3. The second-order valence-electron chi connectivity index (χ2n) is 5.21. The molecule has 0 aromatic carbocycles. The van der Waals surface area contributed by atoms with Crippen LogP contribution in [-0.2, 0) is 6.54 Å². The van der Waals surface area contributed by atoms with Crippen LogP contribution in [0.25, 0.3) is 0 Å². The first-order valence-corrected chi connectivity index (χ1v) is 6.93. The predicted molar refractivity (Wildman–Crippen MR) is 75.7 cm³/mol. The number of aromatic nitrogens is 2. The molecule has 0 aliphatic carbocycles. The molecule has 1 aliphatic heterocycles. The van der Waals surface area contributed by atoms with E-state index in [4.69, 9.17) is 0 Å². The lowest BCUT2D eigenvalue weighted by molar-refractivity contribution is 0.200. The van der Waals surface area contributed by atoms with Gasteiger partial charge >= 0.3 is 0 Å². The molecule has 0 unspecified atom stereocenters. The summed E-state index contributed by atoms with van der Waals surface area (Å²) in [6, 6.07) is 8.52. The van der Waals surface area contributed by atoms with E-state index in [0.717, 1.165) is 13.1 Å². The molecule has 0 radical (unpaired) electrons. The largest absolute Gasteiger partial charge is 0.298 e. The smallest absolute Gasteiger partial charge is 0.0271 e. The number of piperidine rings is 1. The average Bonchev–Trinajstić information content (AvgIpc) is 2.49. The molecule has 1 saturated heterocycles. The van der Waals surface area contributed by atoms with Gasteiger partial charge < -0.3 is 0 Å². The highest BCUT2D eigenvalue weighted by atomic mass is 15.1. The summed E-state index contributed by atoms with van der Waals surface area (Å²) in [5, 5.41) is 0. The van der Waals surface area contributed by atoms with Gasteiger partial charge in [0, 0.05) is 37.9 Å². The topological polar surface area (TPSA) is 29.0 Å². The van der Waals surface area contributed by atoms with Crippen LogP contribution in [0.1, 0.15) is 29.9 Å². The second-order valence-corrected chi connectivity index (χ2v) is 5.21. The van der Waals surface area contributed by atoms with Crippen LogP contribution in [0, 0.1) is 0 Å². The molecule has 1 aliphatic rings. The van der Waals surface area contributed by atoms with Crippen LogP contribution in [0.15, 0.2) is 49.1 Å². The van der Waals surface area contributed by atoms with Crippen molar-refractivity contribution in [2.45, 2.75) is 25.3 Å². The van der Waals surface area contributed by atoms with Gasteiger partial charge in [-0.3, -0.25) is 14.9 Å². The minimum absolute atomic E-state index is 0.651. The highest BCUT2D eigenvalue weighted by Crippen LogP contribution is 2.27. The van der Waals surface area contributed by atoms with Gasteiger partial charge in [0.25, 0.3) is 0 Å². The van der Waals surface area contributed by atoms with Gasteiger partial charge in [-0.2, -0.15) is 0 Å². The molecule has 0 amide bonds. The second kappa shape index (κ2) is 5.93. The summed E-state index contributed by atoms with van der Waals surface area (Å²) < 4.78 is 0. The van der Waals surface area contributed by atoms with Crippen molar-refractivity contribution in [3.05, 3.63) is 60.2 Å². The standard InChI is InChI=1S/C16H19N3/c1-2-16(15-5-9-18-10-6-15)13-19(11-1)12-14-3-7-17-8-4-14/h3-10,16H,1-2,11-13H2/t16-/m1/s1. The lowest BCUT2D eigenvalue weighted by Gasteiger charge is -2.33. The van der Waals surface area contributed by atoms with Gasteiger partial charge in [0.05, 0.1) is 0 Å². The van der Waals surface area contributed by atoms with Crippen LogP contribution >= 0.6 is 0 Å². The summed E-state index contributed by atoms with van der Waals surface area (Å²) in [6.07, 6.45) is 10.1. The Morgan fingerprint density at radius 2 is 1.68 bits per heavy atom. The Balaban J connectivity index is 1.65. The Hall–Kier alpha value is -1.74. The van der Waals surface area contributed by atoms with Gasteiger partial charge in [-0.25, -0.2) is 0 Å². The summed E-state index contributed by atoms with van der Waals surface area (Å²) in [5.74, 6) is 0.651. The summed E-state index contributed by atoms with van der Waals surface area (Å²) in [5.41, 5.74) is 2.78. The first-order chi connectivity index (χ1) is 9.42. The summed E-state index contributed by atoms with van der Waals surface area (Å²) in [6.45, 7) is 3.38. The molecule has 3 heterocycles. The fraction of sp³-hybridized carbons (Fsp3) is 0.375. The lowest BCUT2D eigenvalue weighted by atomic mass is 9.91. The maximum atomic E-state index is 4.11. The Morgan fingerprint density at radius 1 is 1.00 bits per heavy atom. The van der Waals surface area contributed by atoms with E-state index in [0.29, 0.717) is 5.92 Å². The van der Waals surface area contributed by atoms with Crippen molar-refractivity contribution in [1.29, 1.82) is 0 Å². The molecule has 2 aromatic heterocycles. The molecule has 0 saturated carbocycles. The minimum Gasteiger partial charge on any atom is -0.298 e. The predicted octanol–water partition coefficient (Wildman–Crippen LogP) is 2.86. The molecule has 98 valence electrons. The highest BCUT2D eigenvalue weighted by molar-refractivity contribution is 5.17. The lowest BCUT2D eigenvalue weighted by Crippen LogP contribution is -2.33. The zero-order valence-corrected chi connectivity index (χ0v) is 11.1. The first-order valence-electron chi connectivity index (χ1n) is 6.93. The van der Waals surface area contributed by atoms with Crippen LogP contribution in [0.4, 0.5) is 0 Å². The van der Waals surface area contributed by atoms with Crippen molar-refractivity contribution in [2.75, 3.05) is 13.1 Å². The zero-order valence-electron chi connectivity index (χ0n) is 11.1. The third-order valence-electron chi connectivity index (χ3n) is 3.84. The van der Waals surface area contributed by atoms with Gasteiger partial charge in [0.1, 0.15) is 0 Å². The van der Waals surface area contributed by atoms with Crippen LogP contribution in [0.5, 0.6) is 0 Å². The Bertz CT molecular complexity index is 498. The van der Waals surface area contributed by atoms with Gasteiger partial charge in [0.15, 0.2) is 0 Å². The normalized spacial score (nSPS) is 20.3. The third-order valence-corrected chi connectivity index (χ3v) is 3.84. The summed E-state index contributed by atoms with van der Waals surface area (Å²) in [7, 11) is 0. The fourth-order valence-electron chi connectivity index (χ4n) is 2.85. The minimum atomic E-state index is 0.651. The van der Waals surface area contributed by atoms with Crippen LogP contribution in [0.3, 0.4) is 0 Å². The van der Waals surface area contributed by atoms with Crippen molar-refractivity contribution in [1.82, 2.24) is 14.9 Å². The molecule has 2 aromatic rings. The van der Waals surface area contributed by atoms with Crippen LogP contribution in [-0.4, -0.2) is 28.0 Å². The molecule has 1 fully saturated rings. The molecule has 0 bridgehead atoms. The number of likely N-dealkylation sites (tertiary alicyclic amines) is 1. The molecule has 3 heteroatoms. The van der Waals surface area contributed by atoms with E-state index < -0.39 is 0 Å². The Kier molecular flexibility index (Phi) is 3.84. The van der Waals surface area contributed by atoms with Crippen molar-refractivity contribution >= 4 is 0 Å². The van der Waals surface area contributed by atoms with E-state index >= 15 is 0 Å². The van der Waals surface area contributed by atoms with Crippen LogP contribution in [0.2, 0.25) is 0 Å². The maximum Gasteiger partial charge on any atom is 0.0271 e.